The molecule has 0 spiro atoms. The van der Waals surface area contributed by atoms with Crippen LogP contribution in [0.4, 0.5) is 5.82 Å². The number of anilines is 1. The molecule has 31 heavy (non-hydrogen) atoms. The van der Waals surface area contributed by atoms with Crippen LogP contribution in [0.25, 0.3) is 0 Å². The molecular weight excluding hydrogens is 478 g/mol. The number of rotatable bonds is 7. The van der Waals surface area contributed by atoms with E-state index in [2.05, 4.69) is 26.3 Å². The largest absolute Gasteiger partial charge is 0.488 e. The summed E-state index contributed by atoms with van der Waals surface area (Å²) in [6.45, 7) is 0.953. The minimum atomic E-state index is -0.223. The van der Waals surface area contributed by atoms with Crippen LogP contribution in [-0.2, 0) is 13.2 Å². The SMILES string of the molecule is O=C(Nc1ccn(Cc2ccc(Cl)cc2)n1)c1cccc(COc2ccccc2Br)c1. The Morgan fingerprint density at radius 1 is 1.00 bits per heavy atom. The van der Waals surface area contributed by atoms with Gasteiger partial charge >= 0.3 is 0 Å². The first kappa shape index (κ1) is 21.2. The lowest BCUT2D eigenvalue weighted by molar-refractivity contribution is 0.102. The number of halogens is 2. The van der Waals surface area contributed by atoms with Crippen molar-refractivity contribution in [1.82, 2.24) is 9.78 Å². The average molecular weight is 497 g/mol. The highest BCUT2D eigenvalue weighted by Crippen LogP contribution is 2.24. The molecule has 0 unspecified atom stereocenters. The molecule has 156 valence electrons. The number of nitrogens with one attached hydrogen (secondary N) is 1. The third kappa shape index (κ3) is 5.75. The Labute approximate surface area is 193 Å². The number of aromatic nitrogens is 2. The predicted octanol–water partition coefficient (Wildman–Crippen LogP) is 6.18. The van der Waals surface area contributed by atoms with Crippen molar-refractivity contribution >= 4 is 39.3 Å². The average Bonchev–Trinajstić information content (AvgIpc) is 3.21. The number of carbonyl (C=O) groups excluding carboxylic acids is 1. The van der Waals surface area contributed by atoms with Gasteiger partial charge in [-0.25, -0.2) is 0 Å². The number of nitrogens with zero attached hydrogens (tertiary/aromatic N) is 2. The van der Waals surface area contributed by atoms with Gasteiger partial charge in [0, 0.05) is 22.8 Å². The smallest absolute Gasteiger partial charge is 0.256 e. The third-order valence-corrected chi connectivity index (χ3v) is 5.47. The van der Waals surface area contributed by atoms with Crippen molar-refractivity contribution < 1.29 is 9.53 Å². The number of hydrogen-bond donors (Lipinski definition) is 1. The second kappa shape index (κ2) is 9.81. The Morgan fingerprint density at radius 2 is 1.81 bits per heavy atom. The van der Waals surface area contributed by atoms with E-state index >= 15 is 0 Å². The minimum absolute atomic E-state index is 0.223. The van der Waals surface area contributed by atoms with Crippen molar-refractivity contribution in [3.8, 4) is 5.75 Å². The fraction of sp³-hybridized carbons (Fsp3) is 0.0833. The minimum Gasteiger partial charge on any atom is -0.488 e. The molecular formula is C24H19BrClN3O2. The van der Waals surface area contributed by atoms with Crippen LogP contribution in [0.3, 0.4) is 0 Å². The first-order valence-corrected chi connectivity index (χ1v) is 10.8. The van der Waals surface area contributed by atoms with Gasteiger partial charge in [0.1, 0.15) is 12.4 Å². The summed E-state index contributed by atoms with van der Waals surface area (Å²) in [5.41, 5.74) is 2.51. The maximum Gasteiger partial charge on any atom is 0.256 e. The third-order valence-electron chi connectivity index (χ3n) is 4.56. The lowest BCUT2D eigenvalue weighted by Gasteiger charge is -2.09. The summed E-state index contributed by atoms with van der Waals surface area (Å²) in [4.78, 5) is 12.7. The fourth-order valence-electron chi connectivity index (χ4n) is 3.01. The molecule has 4 rings (SSSR count). The Morgan fingerprint density at radius 3 is 2.61 bits per heavy atom. The van der Waals surface area contributed by atoms with Crippen molar-refractivity contribution in [2.45, 2.75) is 13.2 Å². The first-order valence-electron chi connectivity index (χ1n) is 9.62. The van der Waals surface area contributed by atoms with Crippen LogP contribution < -0.4 is 10.1 Å². The lowest BCUT2D eigenvalue weighted by Crippen LogP contribution is -2.13. The molecule has 1 heterocycles. The topological polar surface area (TPSA) is 56.2 Å². The molecule has 0 radical (unpaired) electrons. The van der Waals surface area contributed by atoms with Crippen LogP contribution in [0.5, 0.6) is 5.75 Å². The van der Waals surface area contributed by atoms with Gasteiger partial charge in [-0.2, -0.15) is 5.10 Å². The highest BCUT2D eigenvalue weighted by Gasteiger charge is 2.10. The monoisotopic (exact) mass is 495 g/mol. The quantitative estimate of drug-likeness (QED) is 0.332. The van der Waals surface area contributed by atoms with Crippen molar-refractivity contribution in [1.29, 1.82) is 0 Å². The molecule has 1 N–H and O–H groups in total. The van der Waals surface area contributed by atoms with E-state index in [0.717, 1.165) is 21.3 Å². The van der Waals surface area contributed by atoms with Gasteiger partial charge in [0.2, 0.25) is 0 Å². The summed E-state index contributed by atoms with van der Waals surface area (Å²) in [7, 11) is 0. The van der Waals surface area contributed by atoms with Crippen LogP contribution >= 0.6 is 27.5 Å². The molecule has 0 saturated heterocycles. The van der Waals surface area contributed by atoms with Gasteiger partial charge in [-0.1, -0.05) is 48.0 Å². The zero-order chi connectivity index (χ0) is 21.6. The normalized spacial score (nSPS) is 10.6. The van der Waals surface area contributed by atoms with E-state index in [0.29, 0.717) is 29.6 Å². The molecule has 1 aromatic heterocycles. The summed E-state index contributed by atoms with van der Waals surface area (Å²) >= 11 is 9.39. The number of para-hydroxylation sites is 1. The first-order chi connectivity index (χ1) is 15.1. The van der Waals surface area contributed by atoms with Gasteiger partial charge < -0.3 is 10.1 Å². The Kier molecular flexibility index (Phi) is 6.70. The van der Waals surface area contributed by atoms with E-state index in [4.69, 9.17) is 16.3 Å². The van der Waals surface area contributed by atoms with E-state index in [9.17, 15) is 4.79 Å². The van der Waals surface area contributed by atoms with E-state index in [1.807, 2.05) is 72.9 Å². The van der Waals surface area contributed by atoms with Crippen LogP contribution in [0, 0.1) is 0 Å². The van der Waals surface area contributed by atoms with E-state index in [1.165, 1.54) is 0 Å². The summed E-state index contributed by atoms with van der Waals surface area (Å²) in [6, 6.07) is 24.4. The number of ether oxygens (including phenoxy) is 1. The highest BCUT2D eigenvalue weighted by atomic mass is 79.9. The maximum absolute atomic E-state index is 12.7. The zero-order valence-electron chi connectivity index (χ0n) is 16.5. The number of hydrogen-bond acceptors (Lipinski definition) is 3. The van der Waals surface area contributed by atoms with Gasteiger partial charge in [0.05, 0.1) is 11.0 Å². The second-order valence-corrected chi connectivity index (χ2v) is 8.19. The predicted molar refractivity (Wildman–Crippen MR) is 126 cm³/mol. The van der Waals surface area contributed by atoms with E-state index < -0.39 is 0 Å². The Hall–Kier alpha value is -3.09. The lowest BCUT2D eigenvalue weighted by atomic mass is 10.1. The molecule has 0 saturated carbocycles. The molecule has 5 nitrogen and oxygen atoms in total. The zero-order valence-corrected chi connectivity index (χ0v) is 18.8. The molecule has 0 aliphatic carbocycles. The molecule has 0 atom stereocenters. The fourth-order valence-corrected chi connectivity index (χ4v) is 3.53. The second-order valence-electron chi connectivity index (χ2n) is 6.90. The summed E-state index contributed by atoms with van der Waals surface area (Å²) in [5.74, 6) is 1.02. The van der Waals surface area contributed by atoms with Crippen LogP contribution in [0.2, 0.25) is 5.02 Å². The molecule has 3 aromatic carbocycles. The van der Waals surface area contributed by atoms with Crippen molar-refractivity contribution in [3.05, 3.63) is 111 Å². The van der Waals surface area contributed by atoms with Crippen molar-refractivity contribution in [3.63, 3.8) is 0 Å². The van der Waals surface area contributed by atoms with Crippen molar-refractivity contribution in [2.24, 2.45) is 0 Å². The molecule has 7 heteroatoms. The van der Waals surface area contributed by atoms with Crippen LogP contribution in [0.1, 0.15) is 21.5 Å². The molecule has 1 amide bonds. The molecule has 0 aliphatic heterocycles. The van der Waals surface area contributed by atoms with Crippen LogP contribution in [-0.4, -0.2) is 15.7 Å². The van der Waals surface area contributed by atoms with Gasteiger partial charge in [-0.3, -0.25) is 9.48 Å². The number of amides is 1. The maximum atomic E-state index is 12.7. The molecule has 0 bridgehead atoms. The van der Waals surface area contributed by atoms with E-state index in [1.54, 1.807) is 16.8 Å². The van der Waals surface area contributed by atoms with Crippen molar-refractivity contribution in [2.75, 3.05) is 5.32 Å². The summed E-state index contributed by atoms with van der Waals surface area (Å²) in [5, 5.41) is 7.96. The standard InChI is InChI=1S/C24H19BrClN3O2/c25-21-6-1-2-7-22(21)31-16-18-4-3-5-19(14-18)24(30)27-23-12-13-29(28-23)15-17-8-10-20(26)11-9-17/h1-14H,15-16H2,(H,27,28,30). The Bertz CT molecular complexity index is 1190. The summed E-state index contributed by atoms with van der Waals surface area (Å²) in [6.07, 6.45) is 1.83. The van der Waals surface area contributed by atoms with Crippen LogP contribution in [0.15, 0.2) is 89.5 Å². The Balaban J connectivity index is 1.37. The van der Waals surface area contributed by atoms with Gasteiger partial charge in [-0.15, -0.1) is 0 Å². The number of benzene rings is 3. The van der Waals surface area contributed by atoms with Gasteiger partial charge in [0.25, 0.3) is 5.91 Å². The highest BCUT2D eigenvalue weighted by molar-refractivity contribution is 9.10. The summed E-state index contributed by atoms with van der Waals surface area (Å²) < 4.78 is 8.49. The molecule has 0 aliphatic rings. The van der Waals surface area contributed by atoms with E-state index in [-0.39, 0.29) is 5.91 Å². The molecule has 0 fully saturated rings. The number of carbonyl (C=O) groups is 1. The van der Waals surface area contributed by atoms with Gasteiger partial charge in [-0.05, 0) is 63.5 Å². The molecule has 4 aromatic rings. The van der Waals surface area contributed by atoms with Gasteiger partial charge in [0.15, 0.2) is 5.82 Å².